The van der Waals surface area contributed by atoms with Crippen molar-refractivity contribution in [3.8, 4) is 0 Å². The second-order valence-electron chi connectivity index (χ2n) is 1.85. The maximum atomic E-state index is 8.56. The largest absolute Gasteiger partial charge is 0.503 e. The maximum Gasteiger partial charge on any atom is 0.503 e. The molecule has 0 saturated carbocycles. The van der Waals surface area contributed by atoms with Crippen LogP contribution < -0.4 is 0 Å². The van der Waals surface area contributed by atoms with Gasteiger partial charge in [0.1, 0.15) is 0 Å². The molecule has 0 aliphatic rings. The molecular weight excluding hydrogens is 192 g/mol. The molecule has 4 N–H and O–H groups in total. The molecule has 0 bridgehead atoms. The van der Waals surface area contributed by atoms with Crippen molar-refractivity contribution >= 4 is 12.3 Å². The third-order valence-corrected chi connectivity index (χ3v) is 0.638. The van der Waals surface area contributed by atoms with Gasteiger partial charge in [-0.25, -0.2) is 9.59 Å². The molecule has 84 valence electrons. The first-order valence-electron chi connectivity index (χ1n) is 3.87. The van der Waals surface area contributed by atoms with Crippen LogP contribution in [0.15, 0.2) is 12.2 Å². The molecule has 0 heterocycles. The van der Waals surface area contributed by atoms with Gasteiger partial charge in [-0.1, -0.05) is 26.0 Å². The van der Waals surface area contributed by atoms with E-state index in [0.717, 1.165) is 0 Å². The highest BCUT2D eigenvalue weighted by Gasteiger charge is 1.70. The highest BCUT2D eigenvalue weighted by atomic mass is 16.6. The number of rotatable bonds is 2. The zero-order valence-electron chi connectivity index (χ0n) is 8.17. The van der Waals surface area contributed by atoms with Crippen molar-refractivity contribution in [2.75, 3.05) is 0 Å². The van der Waals surface area contributed by atoms with Gasteiger partial charge in [-0.15, -0.1) is 0 Å². The van der Waals surface area contributed by atoms with E-state index < -0.39 is 12.3 Å². The van der Waals surface area contributed by atoms with E-state index in [9.17, 15) is 0 Å². The van der Waals surface area contributed by atoms with E-state index in [1.54, 1.807) is 0 Å². The smallest absolute Gasteiger partial charge is 0.450 e. The van der Waals surface area contributed by atoms with E-state index in [4.69, 9.17) is 30.0 Å². The van der Waals surface area contributed by atoms with Crippen LogP contribution >= 0.6 is 0 Å². The summed E-state index contributed by atoms with van der Waals surface area (Å²) < 4.78 is 0. The summed E-state index contributed by atoms with van der Waals surface area (Å²) in [7, 11) is 0. The highest BCUT2D eigenvalue weighted by molar-refractivity contribution is 5.53. The SMILES string of the molecule is CCC=CCC.O=C(O)O.O=C(O)O. The van der Waals surface area contributed by atoms with Crippen molar-refractivity contribution in [1.29, 1.82) is 0 Å². The fourth-order valence-corrected chi connectivity index (χ4v) is 0.333. The summed E-state index contributed by atoms with van der Waals surface area (Å²) in [5, 5.41) is 27.9. The molecule has 0 spiro atoms. The third-order valence-electron chi connectivity index (χ3n) is 0.638. The fourth-order valence-electron chi connectivity index (χ4n) is 0.333. The van der Waals surface area contributed by atoms with Crippen LogP contribution in [0.2, 0.25) is 0 Å². The highest BCUT2D eigenvalue weighted by Crippen LogP contribution is 1.81. The van der Waals surface area contributed by atoms with Crippen molar-refractivity contribution in [2.24, 2.45) is 0 Å². The minimum atomic E-state index is -1.83. The van der Waals surface area contributed by atoms with Crippen LogP contribution in [0.1, 0.15) is 26.7 Å². The summed E-state index contributed by atoms with van der Waals surface area (Å²) in [6, 6.07) is 0. The average molecular weight is 208 g/mol. The van der Waals surface area contributed by atoms with E-state index in [-0.39, 0.29) is 0 Å². The van der Waals surface area contributed by atoms with E-state index in [1.807, 2.05) is 0 Å². The van der Waals surface area contributed by atoms with E-state index >= 15 is 0 Å². The topological polar surface area (TPSA) is 115 Å². The minimum absolute atomic E-state index is 1.17. The molecule has 0 radical (unpaired) electrons. The lowest BCUT2D eigenvalue weighted by Crippen LogP contribution is -1.81. The van der Waals surface area contributed by atoms with Crippen LogP contribution in [0.5, 0.6) is 0 Å². The molecule has 0 aliphatic heterocycles. The van der Waals surface area contributed by atoms with Gasteiger partial charge in [0.05, 0.1) is 0 Å². The van der Waals surface area contributed by atoms with Gasteiger partial charge in [0.15, 0.2) is 0 Å². The molecule has 0 aliphatic carbocycles. The first kappa shape index (κ1) is 18.1. The zero-order chi connectivity index (χ0) is 12.0. The number of hydrogen-bond donors (Lipinski definition) is 4. The molecule has 0 atom stereocenters. The summed E-state index contributed by atoms with van der Waals surface area (Å²) >= 11 is 0. The summed E-state index contributed by atoms with van der Waals surface area (Å²) in [6.07, 6.45) is 3.04. The quantitative estimate of drug-likeness (QED) is 0.518. The van der Waals surface area contributed by atoms with Crippen molar-refractivity contribution in [3.05, 3.63) is 12.2 Å². The van der Waals surface area contributed by atoms with E-state index in [0.29, 0.717) is 0 Å². The van der Waals surface area contributed by atoms with Crippen LogP contribution in [0.3, 0.4) is 0 Å². The lowest BCUT2D eigenvalue weighted by molar-refractivity contribution is 0.135. The molecule has 6 heteroatoms. The van der Waals surface area contributed by atoms with Crippen LogP contribution in [0, 0.1) is 0 Å². The molecule has 14 heavy (non-hydrogen) atoms. The molecule has 0 fully saturated rings. The van der Waals surface area contributed by atoms with Crippen LogP contribution in [0.25, 0.3) is 0 Å². The Bertz CT molecular complexity index is 137. The van der Waals surface area contributed by atoms with Gasteiger partial charge in [0, 0.05) is 0 Å². The molecule has 0 rings (SSSR count). The van der Waals surface area contributed by atoms with Crippen LogP contribution in [-0.4, -0.2) is 32.7 Å². The summed E-state index contributed by atoms with van der Waals surface area (Å²) in [4.78, 5) is 17.1. The number of carboxylic acid groups (broad SMARTS) is 4. The predicted octanol–water partition coefficient (Wildman–Crippen LogP) is 2.81. The number of hydrogen-bond acceptors (Lipinski definition) is 2. The van der Waals surface area contributed by atoms with E-state index in [2.05, 4.69) is 26.0 Å². The lowest BCUT2D eigenvalue weighted by Gasteiger charge is -1.72. The van der Waals surface area contributed by atoms with Gasteiger partial charge in [-0.2, -0.15) is 0 Å². The van der Waals surface area contributed by atoms with Gasteiger partial charge < -0.3 is 20.4 Å². The van der Waals surface area contributed by atoms with E-state index in [1.165, 1.54) is 12.8 Å². The normalized spacial score (nSPS) is 7.86. The minimum Gasteiger partial charge on any atom is -0.450 e. The van der Waals surface area contributed by atoms with Crippen molar-refractivity contribution in [2.45, 2.75) is 26.7 Å². The Kier molecular flexibility index (Phi) is 22.5. The summed E-state index contributed by atoms with van der Waals surface area (Å²) in [6.45, 7) is 4.29. The number of carbonyl (C=O) groups is 2. The molecule has 0 aromatic carbocycles. The average Bonchev–Trinajstić information content (AvgIpc) is 1.98. The van der Waals surface area contributed by atoms with Crippen molar-refractivity contribution in [1.82, 2.24) is 0 Å². The van der Waals surface area contributed by atoms with Gasteiger partial charge in [0.25, 0.3) is 0 Å². The monoisotopic (exact) mass is 208 g/mol. The summed E-state index contributed by atoms with van der Waals surface area (Å²) in [5.41, 5.74) is 0. The lowest BCUT2D eigenvalue weighted by atomic mass is 10.4. The second kappa shape index (κ2) is 17.4. The predicted molar refractivity (Wildman–Crippen MR) is 51.0 cm³/mol. The number of allylic oxidation sites excluding steroid dienone is 2. The Labute approximate surface area is 82.1 Å². The molecule has 0 aromatic rings. The maximum absolute atomic E-state index is 8.56. The Balaban J connectivity index is -0.000000135. The molecular formula is C8H16O6. The third kappa shape index (κ3) is 540. The Morgan fingerprint density at radius 2 is 1.00 bits per heavy atom. The fraction of sp³-hybridized carbons (Fsp3) is 0.500. The van der Waals surface area contributed by atoms with Gasteiger partial charge >= 0.3 is 12.3 Å². The standard InChI is InChI=1S/C6H12.2CH2O3/c1-3-5-6-4-2;2*2-1(3)4/h5-6H,3-4H2,1-2H3;2*(H2,2,3,4). The van der Waals surface area contributed by atoms with Crippen molar-refractivity contribution < 1.29 is 30.0 Å². The summed E-state index contributed by atoms with van der Waals surface area (Å²) in [5.74, 6) is 0. The van der Waals surface area contributed by atoms with Crippen LogP contribution in [0.4, 0.5) is 9.59 Å². The second-order valence-corrected chi connectivity index (χ2v) is 1.85. The van der Waals surface area contributed by atoms with Gasteiger partial charge in [-0.05, 0) is 12.8 Å². The van der Waals surface area contributed by atoms with Crippen molar-refractivity contribution in [3.63, 3.8) is 0 Å². The molecule has 0 aromatic heterocycles. The molecule has 0 unspecified atom stereocenters. The Morgan fingerprint density at radius 1 is 0.857 bits per heavy atom. The van der Waals surface area contributed by atoms with Gasteiger partial charge in [0.2, 0.25) is 0 Å². The zero-order valence-corrected chi connectivity index (χ0v) is 8.17. The first-order valence-corrected chi connectivity index (χ1v) is 3.87. The Morgan fingerprint density at radius 3 is 1.07 bits per heavy atom. The first-order chi connectivity index (χ1) is 6.38. The van der Waals surface area contributed by atoms with Gasteiger partial charge in [-0.3, -0.25) is 0 Å². The molecule has 0 saturated heterocycles. The molecule has 0 amide bonds. The molecule has 6 nitrogen and oxygen atoms in total. The van der Waals surface area contributed by atoms with Crippen LogP contribution in [-0.2, 0) is 0 Å². The Hall–Kier alpha value is -1.72.